The van der Waals surface area contributed by atoms with E-state index >= 15 is 0 Å². The molecule has 106 valence electrons. The predicted octanol–water partition coefficient (Wildman–Crippen LogP) is 1.86. The third kappa shape index (κ3) is 4.22. The Labute approximate surface area is 112 Å². The fourth-order valence-electron chi connectivity index (χ4n) is 3.62. The Morgan fingerprint density at radius 3 is 2.61 bits per heavy atom. The smallest absolute Gasteiger partial charge is 0.0558 e. The normalized spacial score (nSPS) is 31.0. The zero-order valence-corrected chi connectivity index (χ0v) is 11.9. The molecular weight excluding hydrogens is 224 g/mol. The van der Waals surface area contributed by atoms with E-state index in [0.717, 1.165) is 24.9 Å². The first-order valence-corrected chi connectivity index (χ1v) is 7.88. The van der Waals surface area contributed by atoms with Crippen molar-refractivity contribution < 1.29 is 5.11 Å². The van der Waals surface area contributed by atoms with Gasteiger partial charge in [-0.1, -0.05) is 26.2 Å². The highest BCUT2D eigenvalue weighted by atomic mass is 16.3. The summed E-state index contributed by atoms with van der Waals surface area (Å²) in [5.74, 6) is 1.74. The topological polar surface area (TPSA) is 35.5 Å². The number of rotatable bonds is 6. The number of nitrogens with zero attached hydrogens (tertiary/aromatic N) is 1. The average molecular weight is 254 g/mol. The molecule has 18 heavy (non-hydrogen) atoms. The SMILES string of the molecule is CCC1CC(NCC2CCCC2)CN(CCO)C1. The molecule has 0 bridgehead atoms. The summed E-state index contributed by atoms with van der Waals surface area (Å²) in [4.78, 5) is 2.43. The minimum absolute atomic E-state index is 0.297. The molecule has 2 aliphatic rings. The van der Waals surface area contributed by atoms with Crippen LogP contribution in [0.1, 0.15) is 45.4 Å². The Morgan fingerprint density at radius 1 is 1.17 bits per heavy atom. The lowest BCUT2D eigenvalue weighted by Crippen LogP contribution is -2.50. The fourth-order valence-corrected chi connectivity index (χ4v) is 3.62. The molecule has 0 aromatic rings. The second kappa shape index (κ2) is 7.46. The molecule has 2 N–H and O–H groups in total. The van der Waals surface area contributed by atoms with Crippen LogP contribution in [0, 0.1) is 11.8 Å². The summed E-state index contributed by atoms with van der Waals surface area (Å²) >= 11 is 0. The van der Waals surface area contributed by atoms with E-state index in [9.17, 15) is 0 Å². The van der Waals surface area contributed by atoms with Gasteiger partial charge in [0.1, 0.15) is 0 Å². The summed E-state index contributed by atoms with van der Waals surface area (Å²) in [6, 6.07) is 0.649. The van der Waals surface area contributed by atoms with Crippen molar-refractivity contribution >= 4 is 0 Å². The molecule has 1 aliphatic heterocycles. The standard InChI is InChI=1S/C15H30N2O/c1-2-13-9-15(12-17(11-13)7-8-18)16-10-14-5-3-4-6-14/h13-16,18H,2-12H2,1H3. The van der Waals surface area contributed by atoms with Gasteiger partial charge in [0.15, 0.2) is 0 Å². The van der Waals surface area contributed by atoms with Crippen LogP contribution in [0.25, 0.3) is 0 Å². The quantitative estimate of drug-likeness (QED) is 0.759. The Morgan fingerprint density at radius 2 is 1.94 bits per heavy atom. The molecule has 0 aromatic heterocycles. The molecule has 0 aromatic carbocycles. The highest BCUT2D eigenvalue weighted by molar-refractivity contribution is 4.84. The molecule has 0 spiro atoms. The highest BCUT2D eigenvalue weighted by Gasteiger charge is 2.26. The number of piperidine rings is 1. The van der Waals surface area contributed by atoms with Gasteiger partial charge in [0.05, 0.1) is 6.61 Å². The van der Waals surface area contributed by atoms with Gasteiger partial charge >= 0.3 is 0 Å². The molecule has 1 saturated carbocycles. The van der Waals surface area contributed by atoms with Gasteiger partial charge in [-0.25, -0.2) is 0 Å². The first kappa shape index (κ1) is 14.3. The second-order valence-corrected chi connectivity index (χ2v) is 6.25. The minimum atomic E-state index is 0.297. The van der Waals surface area contributed by atoms with E-state index < -0.39 is 0 Å². The molecule has 1 saturated heterocycles. The van der Waals surface area contributed by atoms with Gasteiger partial charge in [-0.3, -0.25) is 4.90 Å². The number of nitrogens with one attached hydrogen (secondary N) is 1. The Balaban J connectivity index is 1.74. The summed E-state index contributed by atoms with van der Waals surface area (Å²) in [6.07, 6.45) is 8.32. The van der Waals surface area contributed by atoms with Gasteiger partial charge in [0, 0.05) is 25.7 Å². The number of hydrogen-bond donors (Lipinski definition) is 2. The van der Waals surface area contributed by atoms with Crippen LogP contribution in [0.5, 0.6) is 0 Å². The molecule has 1 aliphatic carbocycles. The van der Waals surface area contributed by atoms with Gasteiger partial charge in [-0.05, 0) is 37.6 Å². The van der Waals surface area contributed by atoms with Gasteiger partial charge in [-0.2, -0.15) is 0 Å². The van der Waals surface area contributed by atoms with Crippen molar-refractivity contribution in [2.75, 3.05) is 32.8 Å². The minimum Gasteiger partial charge on any atom is -0.395 e. The van der Waals surface area contributed by atoms with E-state index in [4.69, 9.17) is 5.11 Å². The number of aliphatic hydroxyl groups is 1. The summed E-state index contributed by atoms with van der Waals surface area (Å²) in [5.41, 5.74) is 0. The third-order valence-electron chi connectivity index (χ3n) is 4.78. The summed E-state index contributed by atoms with van der Waals surface area (Å²) in [6.45, 7) is 6.96. The molecule has 0 amide bonds. The molecule has 3 heteroatoms. The summed E-state index contributed by atoms with van der Waals surface area (Å²) in [5, 5.41) is 12.9. The second-order valence-electron chi connectivity index (χ2n) is 6.25. The Kier molecular flexibility index (Phi) is 5.93. The van der Waals surface area contributed by atoms with Crippen LogP contribution < -0.4 is 5.32 Å². The largest absolute Gasteiger partial charge is 0.395 e. The number of aliphatic hydroxyl groups excluding tert-OH is 1. The van der Waals surface area contributed by atoms with Crippen LogP contribution >= 0.6 is 0 Å². The molecule has 3 nitrogen and oxygen atoms in total. The first-order chi connectivity index (χ1) is 8.81. The van der Waals surface area contributed by atoms with Gasteiger partial charge in [0.2, 0.25) is 0 Å². The van der Waals surface area contributed by atoms with Crippen LogP contribution in [0.15, 0.2) is 0 Å². The fraction of sp³-hybridized carbons (Fsp3) is 1.00. The summed E-state index contributed by atoms with van der Waals surface area (Å²) < 4.78 is 0. The van der Waals surface area contributed by atoms with Crippen molar-refractivity contribution in [1.29, 1.82) is 0 Å². The number of hydrogen-bond acceptors (Lipinski definition) is 3. The van der Waals surface area contributed by atoms with E-state index in [1.165, 1.54) is 51.6 Å². The van der Waals surface area contributed by atoms with E-state index in [1.807, 2.05) is 0 Å². The molecule has 2 fully saturated rings. The Hall–Kier alpha value is -0.120. The van der Waals surface area contributed by atoms with Crippen molar-refractivity contribution in [1.82, 2.24) is 10.2 Å². The van der Waals surface area contributed by atoms with E-state index in [2.05, 4.69) is 17.1 Å². The van der Waals surface area contributed by atoms with Gasteiger partial charge in [-0.15, -0.1) is 0 Å². The predicted molar refractivity (Wildman–Crippen MR) is 75.7 cm³/mol. The van der Waals surface area contributed by atoms with Crippen LogP contribution in [-0.2, 0) is 0 Å². The monoisotopic (exact) mass is 254 g/mol. The van der Waals surface area contributed by atoms with Crippen molar-refractivity contribution in [3.8, 4) is 0 Å². The van der Waals surface area contributed by atoms with Crippen LogP contribution in [0.2, 0.25) is 0 Å². The lowest BCUT2D eigenvalue weighted by molar-refractivity contribution is 0.113. The maximum Gasteiger partial charge on any atom is 0.0558 e. The van der Waals surface area contributed by atoms with E-state index in [0.29, 0.717) is 12.6 Å². The van der Waals surface area contributed by atoms with E-state index in [1.54, 1.807) is 0 Å². The van der Waals surface area contributed by atoms with Gasteiger partial charge < -0.3 is 10.4 Å². The maximum absolute atomic E-state index is 9.10. The van der Waals surface area contributed by atoms with Crippen LogP contribution in [0.4, 0.5) is 0 Å². The molecule has 2 unspecified atom stereocenters. The lowest BCUT2D eigenvalue weighted by Gasteiger charge is -2.38. The van der Waals surface area contributed by atoms with Crippen molar-refractivity contribution in [3.05, 3.63) is 0 Å². The first-order valence-electron chi connectivity index (χ1n) is 7.88. The molecule has 0 radical (unpaired) electrons. The molecule has 2 atom stereocenters. The van der Waals surface area contributed by atoms with E-state index in [-0.39, 0.29) is 0 Å². The maximum atomic E-state index is 9.10. The lowest BCUT2D eigenvalue weighted by atomic mass is 9.91. The van der Waals surface area contributed by atoms with Crippen LogP contribution in [0.3, 0.4) is 0 Å². The summed E-state index contributed by atoms with van der Waals surface area (Å²) in [7, 11) is 0. The third-order valence-corrected chi connectivity index (χ3v) is 4.78. The Bertz CT molecular complexity index is 229. The van der Waals surface area contributed by atoms with Crippen molar-refractivity contribution in [3.63, 3.8) is 0 Å². The highest BCUT2D eigenvalue weighted by Crippen LogP contribution is 2.25. The zero-order chi connectivity index (χ0) is 12.8. The average Bonchev–Trinajstić information content (AvgIpc) is 2.89. The van der Waals surface area contributed by atoms with Crippen LogP contribution in [-0.4, -0.2) is 48.8 Å². The number of β-amino-alcohol motifs (C(OH)–C–C–N with tert-alkyl or cyclic N) is 1. The van der Waals surface area contributed by atoms with Gasteiger partial charge in [0.25, 0.3) is 0 Å². The number of likely N-dealkylation sites (tertiary alicyclic amines) is 1. The van der Waals surface area contributed by atoms with Crippen molar-refractivity contribution in [2.45, 2.75) is 51.5 Å². The molecule has 2 rings (SSSR count). The molecule has 1 heterocycles. The molecular formula is C15H30N2O. The van der Waals surface area contributed by atoms with Crippen molar-refractivity contribution in [2.24, 2.45) is 11.8 Å². The zero-order valence-electron chi connectivity index (χ0n) is 11.9.